The highest BCUT2D eigenvalue weighted by Gasteiger charge is 2.30. The third kappa shape index (κ3) is 74.9. The van der Waals surface area contributed by atoms with E-state index in [2.05, 4.69) is 41.5 Å². The maximum atomic E-state index is 13.1. The second-order valence-corrected chi connectivity index (χ2v) is 33.5. The van der Waals surface area contributed by atoms with Gasteiger partial charge < -0.3 is 33.8 Å². The summed E-state index contributed by atoms with van der Waals surface area (Å²) in [7, 11) is -9.92. The fourth-order valence-electron chi connectivity index (χ4n) is 12.9. The molecular weight excluding hydrogens is 1330 g/mol. The van der Waals surface area contributed by atoms with Crippen molar-refractivity contribution in [2.24, 2.45) is 11.8 Å². The highest BCUT2D eigenvalue weighted by atomic mass is 31.2. The third-order valence-corrected chi connectivity index (χ3v) is 21.7. The van der Waals surface area contributed by atoms with Gasteiger partial charge in [0.1, 0.15) is 19.3 Å². The average Bonchev–Trinajstić information content (AvgIpc) is 0.921. The zero-order valence-electron chi connectivity index (χ0n) is 66.9. The molecule has 0 spiro atoms. The van der Waals surface area contributed by atoms with Gasteiger partial charge >= 0.3 is 39.5 Å². The van der Waals surface area contributed by atoms with Gasteiger partial charge in [0.2, 0.25) is 0 Å². The number of unbranched alkanes of at least 4 members (excludes halogenated alkanes) is 51. The molecule has 0 rings (SSSR count). The molecule has 0 saturated heterocycles. The fraction of sp³-hybridized carbons (Fsp3) is 0.952. The van der Waals surface area contributed by atoms with Crippen molar-refractivity contribution < 1.29 is 80.2 Å². The predicted molar refractivity (Wildman–Crippen MR) is 418 cm³/mol. The molecule has 102 heavy (non-hydrogen) atoms. The molecule has 3 N–H and O–H groups in total. The lowest BCUT2D eigenvalue weighted by Crippen LogP contribution is -2.30. The molecule has 0 aromatic rings. The lowest BCUT2D eigenvalue weighted by molar-refractivity contribution is -0.161. The maximum absolute atomic E-state index is 13.1. The van der Waals surface area contributed by atoms with E-state index in [4.69, 9.17) is 37.0 Å². The van der Waals surface area contributed by atoms with Crippen LogP contribution in [0.5, 0.6) is 0 Å². The van der Waals surface area contributed by atoms with E-state index >= 15 is 0 Å². The van der Waals surface area contributed by atoms with Crippen LogP contribution in [-0.2, 0) is 65.4 Å². The number of hydrogen-bond acceptors (Lipinski definition) is 15. The SMILES string of the molecule is CCCCCCCCCCCCCCCCCCCCCCCC(=O)O[C@H](COC(=O)CCCCCCCCCCCCCCCCCC(C)C)COP(=O)(O)OC[C@@H](O)COP(=O)(O)OC[C@@H](COC(=O)CCCCCCCCC(C)CC)OC(=O)CCCCCCCCCCCCCCC. The standard InChI is InChI=1S/C83H162O17P2/c1-7-10-12-14-16-18-20-22-23-24-25-26-27-28-31-36-40-44-48-56-62-68-82(87)99-78(71-93-80(85)65-59-53-46-42-38-35-32-29-30-34-37-41-45-51-57-63-75(4)5)73-97-101(89,90)95-69-77(84)70-96-102(91,92)98-74-79(72-94-81(86)66-60-54-50-49-52-58-64-76(6)9-3)100-83(88)67-61-55-47-43-39-33-21-19-17-15-13-11-8-2/h75-79,84H,7-74H2,1-6H3,(H,89,90)(H,91,92)/t76?,77-,78-,79-/m1/s1. The van der Waals surface area contributed by atoms with E-state index in [9.17, 15) is 43.2 Å². The second-order valence-electron chi connectivity index (χ2n) is 30.6. The average molecular weight is 1490 g/mol. The van der Waals surface area contributed by atoms with Crippen LogP contribution in [0.2, 0.25) is 0 Å². The summed E-state index contributed by atoms with van der Waals surface area (Å²) in [5.41, 5.74) is 0. The van der Waals surface area contributed by atoms with E-state index in [0.29, 0.717) is 25.7 Å². The quantitative estimate of drug-likeness (QED) is 0.0222. The minimum absolute atomic E-state index is 0.107. The number of rotatable bonds is 82. The van der Waals surface area contributed by atoms with E-state index in [-0.39, 0.29) is 25.7 Å². The molecule has 606 valence electrons. The first-order chi connectivity index (χ1) is 49.4. The lowest BCUT2D eigenvalue weighted by Gasteiger charge is -2.21. The zero-order valence-corrected chi connectivity index (χ0v) is 68.7. The summed E-state index contributed by atoms with van der Waals surface area (Å²) in [5.74, 6) is -0.570. The Bertz CT molecular complexity index is 1960. The molecule has 0 bridgehead atoms. The monoisotopic (exact) mass is 1490 g/mol. The molecule has 0 amide bonds. The van der Waals surface area contributed by atoms with Crippen molar-refractivity contribution in [2.75, 3.05) is 39.6 Å². The molecule has 0 aromatic heterocycles. The van der Waals surface area contributed by atoms with Crippen molar-refractivity contribution in [3.8, 4) is 0 Å². The number of ether oxygens (including phenoxy) is 4. The van der Waals surface area contributed by atoms with Crippen LogP contribution in [0.4, 0.5) is 0 Å². The normalized spacial score (nSPS) is 14.1. The van der Waals surface area contributed by atoms with Crippen LogP contribution >= 0.6 is 15.6 Å². The van der Waals surface area contributed by atoms with E-state index in [0.717, 1.165) is 108 Å². The molecule has 0 aromatic carbocycles. The van der Waals surface area contributed by atoms with Crippen LogP contribution in [0, 0.1) is 11.8 Å². The first-order valence-corrected chi connectivity index (χ1v) is 46.0. The van der Waals surface area contributed by atoms with Crippen molar-refractivity contribution in [3.05, 3.63) is 0 Å². The molecule has 19 heteroatoms. The number of aliphatic hydroxyl groups excluding tert-OH is 1. The number of aliphatic hydroxyl groups is 1. The van der Waals surface area contributed by atoms with E-state index in [1.165, 1.54) is 250 Å². The largest absolute Gasteiger partial charge is 0.472 e. The van der Waals surface area contributed by atoms with Gasteiger partial charge in [0.05, 0.1) is 26.4 Å². The van der Waals surface area contributed by atoms with Crippen molar-refractivity contribution >= 4 is 39.5 Å². The van der Waals surface area contributed by atoms with Gasteiger partial charge in [-0.05, 0) is 37.5 Å². The summed E-state index contributed by atoms with van der Waals surface area (Å²) in [6.45, 7) is 9.63. The molecule has 3 unspecified atom stereocenters. The molecule has 6 atom stereocenters. The minimum Gasteiger partial charge on any atom is -0.462 e. The van der Waals surface area contributed by atoms with Crippen LogP contribution in [0.3, 0.4) is 0 Å². The van der Waals surface area contributed by atoms with Gasteiger partial charge in [-0.25, -0.2) is 9.13 Å². The van der Waals surface area contributed by atoms with E-state index < -0.39 is 97.5 Å². The topological polar surface area (TPSA) is 237 Å². The number of carbonyl (C=O) groups is 4. The Morgan fingerprint density at radius 1 is 0.284 bits per heavy atom. The number of hydrogen-bond donors (Lipinski definition) is 3. The van der Waals surface area contributed by atoms with Crippen LogP contribution in [0.15, 0.2) is 0 Å². The number of phosphoric acid groups is 2. The third-order valence-electron chi connectivity index (χ3n) is 19.8. The van der Waals surface area contributed by atoms with Crippen molar-refractivity contribution in [2.45, 2.75) is 458 Å². The first-order valence-electron chi connectivity index (χ1n) is 43.0. The van der Waals surface area contributed by atoms with Crippen LogP contribution < -0.4 is 0 Å². The number of carbonyl (C=O) groups excluding carboxylic acids is 4. The Labute approximate surface area is 626 Å². The summed E-state index contributed by atoms with van der Waals surface area (Å²) >= 11 is 0. The Morgan fingerprint density at radius 2 is 0.500 bits per heavy atom. The number of esters is 4. The molecule has 0 aliphatic heterocycles. The smallest absolute Gasteiger partial charge is 0.462 e. The Hall–Kier alpha value is -1.94. The molecule has 0 fully saturated rings. The predicted octanol–water partition coefficient (Wildman–Crippen LogP) is 25.1. The van der Waals surface area contributed by atoms with Gasteiger partial charge in [-0.3, -0.25) is 37.3 Å². The molecule has 0 radical (unpaired) electrons. The highest BCUT2D eigenvalue weighted by molar-refractivity contribution is 7.47. The molecule has 0 aliphatic carbocycles. The van der Waals surface area contributed by atoms with Crippen molar-refractivity contribution in [1.29, 1.82) is 0 Å². The zero-order chi connectivity index (χ0) is 74.9. The Morgan fingerprint density at radius 3 is 0.745 bits per heavy atom. The van der Waals surface area contributed by atoms with Gasteiger partial charge in [-0.2, -0.15) is 0 Å². The summed E-state index contributed by atoms with van der Waals surface area (Å²) in [6, 6.07) is 0. The second kappa shape index (κ2) is 74.5. The minimum atomic E-state index is -4.96. The Kier molecular flexibility index (Phi) is 73.1. The van der Waals surface area contributed by atoms with Crippen molar-refractivity contribution in [3.63, 3.8) is 0 Å². The van der Waals surface area contributed by atoms with Gasteiger partial charge in [-0.15, -0.1) is 0 Å². The summed E-state index contributed by atoms with van der Waals surface area (Å²) in [5, 5.41) is 10.6. The lowest BCUT2D eigenvalue weighted by atomic mass is 10.00. The van der Waals surface area contributed by atoms with Gasteiger partial charge in [-0.1, -0.05) is 388 Å². The van der Waals surface area contributed by atoms with Crippen molar-refractivity contribution in [1.82, 2.24) is 0 Å². The molecular formula is C83H162O17P2. The molecule has 0 saturated carbocycles. The maximum Gasteiger partial charge on any atom is 0.472 e. The van der Waals surface area contributed by atoms with E-state index in [1.807, 2.05) is 0 Å². The van der Waals surface area contributed by atoms with Gasteiger partial charge in [0, 0.05) is 25.7 Å². The molecule has 0 heterocycles. The van der Waals surface area contributed by atoms with E-state index in [1.54, 1.807) is 0 Å². The van der Waals surface area contributed by atoms with Gasteiger partial charge in [0.25, 0.3) is 0 Å². The summed E-state index contributed by atoms with van der Waals surface area (Å²) in [4.78, 5) is 73.1. The van der Waals surface area contributed by atoms with Crippen LogP contribution in [0.1, 0.15) is 440 Å². The molecule has 0 aliphatic rings. The summed E-state index contributed by atoms with van der Waals surface area (Å²) < 4.78 is 68.8. The van der Waals surface area contributed by atoms with Gasteiger partial charge in [0.15, 0.2) is 12.2 Å². The van der Waals surface area contributed by atoms with Crippen LogP contribution in [-0.4, -0.2) is 96.7 Å². The van der Waals surface area contributed by atoms with Crippen LogP contribution in [0.25, 0.3) is 0 Å². The Balaban J connectivity index is 5.22. The molecule has 17 nitrogen and oxygen atoms in total. The first kappa shape index (κ1) is 100. The highest BCUT2D eigenvalue weighted by Crippen LogP contribution is 2.45. The number of phosphoric ester groups is 2. The summed E-state index contributed by atoms with van der Waals surface area (Å²) in [6.07, 6.45) is 65.3. The fourth-order valence-corrected chi connectivity index (χ4v) is 14.4.